The summed E-state index contributed by atoms with van der Waals surface area (Å²) < 4.78 is 9.24. The number of hydrogen-bond donors (Lipinski definition) is 2. The lowest BCUT2D eigenvalue weighted by Crippen LogP contribution is -2.07. The van der Waals surface area contributed by atoms with Gasteiger partial charge in [-0.1, -0.05) is 0 Å². The lowest BCUT2D eigenvalue weighted by atomic mass is 10.3. The lowest BCUT2D eigenvalue weighted by molar-refractivity contribution is 0.142. The van der Waals surface area contributed by atoms with E-state index in [0.717, 1.165) is 0 Å². The molecule has 0 aliphatic carbocycles. The Morgan fingerprint density at radius 3 is 2.86 bits per heavy atom. The summed E-state index contributed by atoms with van der Waals surface area (Å²) in [5, 5.41) is 8.33. The zero-order valence-corrected chi connectivity index (χ0v) is 7.56. The summed E-state index contributed by atoms with van der Waals surface area (Å²) in [5.74, 6) is 0.234. The van der Waals surface area contributed by atoms with Crippen LogP contribution >= 0.6 is 0 Å². The van der Waals surface area contributed by atoms with E-state index in [2.05, 4.69) is 9.72 Å². The fourth-order valence-corrected chi connectivity index (χ4v) is 0.931. The van der Waals surface area contributed by atoms with Crippen molar-refractivity contribution in [2.45, 2.75) is 6.54 Å². The summed E-state index contributed by atoms with van der Waals surface area (Å²) in [6, 6.07) is 3.02. The fourth-order valence-electron chi connectivity index (χ4n) is 0.931. The zero-order valence-electron chi connectivity index (χ0n) is 7.56. The van der Waals surface area contributed by atoms with E-state index < -0.39 is 6.16 Å². The highest BCUT2D eigenvalue weighted by molar-refractivity contribution is 5.60. The van der Waals surface area contributed by atoms with Crippen molar-refractivity contribution in [3.8, 4) is 11.8 Å². The molecule has 1 aromatic rings. The molecule has 0 radical (unpaired) electrons. The molecule has 6 heteroatoms. The summed E-state index contributed by atoms with van der Waals surface area (Å²) in [6.45, 7) is 0.267. The second kappa shape index (κ2) is 4.43. The second-order valence-electron chi connectivity index (χ2n) is 2.39. The van der Waals surface area contributed by atoms with Gasteiger partial charge in [0.2, 0.25) is 11.8 Å². The lowest BCUT2D eigenvalue weighted by Gasteiger charge is -2.06. The maximum atomic E-state index is 10.2. The maximum absolute atomic E-state index is 10.2. The van der Waals surface area contributed by atoms with Crippen molar-refractivity contribution in [3.05, 3.63) is 17.7 Å². The van der Waals surface area contributed by atoms with E-state index in [9.17, 15) is 4.79 Å². The maximum Gasteiger partial charge on any atom is 0.512 e. The molecule has 3 N–H and O–H groups in total. The second-order valence-corrected chi connectivity index (χ2v) is 2.39. The van der Waals surface area contributed by atoms with Gasteiger partial charge in [0.05, 0.1) is 7.11 Å². The summed E-state index contributed by atoms with van der Waals surface area (Å²) in [7, 11) is 1.42. The highest BCUT2D eigenvalue weighted by Crippen LogP contribution is 2.19. The normalized spacial score (nSPS) is 9.57. The molecule has 0 aliphatic rings. The van der Waals surface area contributed by atoms with Crippen LogP contribution in [-0.2, 0) is 6.54 Å². The number of nitrogens with zero attached hydrogens (tertiary/aromatic N) is 1. The molecule has 14 heavy (non-hydrogen) atoms. The predicted octanol–water partition coefficient (Wildman–Crippen LogP) is 0.606. The van der Waals surface area contributed by atoms with Crippen molar-refractivity contribution >= 4 is 6.16 Å². The first-order valence-electron chi connectivity index (χ1n) is 3.82. The molecule has 6 nitrogen and oxygen atoms in total. The zero-order chi connectivity index (χ0) is 10.6. The van der Waals surface area contributed by atoms with E-state index >= 15 is 0 Å². The molecule has 1 heterocycles. The van der Waals surface area contributed by atoms with Crippen LogP contribution in [0, 0.1) is 0 Å². The first kappa shape index (κ1) is 10.3. The number of carbonyl (C=O) groups is 1. The summed E-state index contributed by atoms with van der Waals surface area (Å²) in [5.41, 5.74) is 6.09. The number of hydrogen-bond acceptors (Lipinski definition) is 5. The minimum atomic E-state index is -1.42. The molecule has 0 atom stereocenters. The third-order valence-electron chi connectivity index (χ3n) is 1.52. The number of rotatable bonds is 3. The number of carboxylic acid groups (broad SMARTS) is 1. The van der Waals surface area contributed by atoms with Crippen molar-refractivity contribution in [2.24, 2.45) is 5.73 Å². The fraction of sp³-hybridized carbons (Fsp3) is 0.250. The van der Waals surface area contributed by atoms with Crippen molar-refractivity contribution < 1.29 is 19.4 Å². The largest absolute Gasteiger partial charge is 0.512 e. The third kappa shape index (κ3) is 2.33. The van der Waals surface area contributed by atoms with E-state index in [-0.39, 0.29) is 18.3 Å². The van der Waals surface area contributed by atoms with Crippen LogP contribution in [0.1, 0.15) is 5.56 Å². The molecule has 0 saturated carbocycles. The smallest absolute Gasteiger partial charge is 0.481 e. The number of methoxy groups -OCH3 is 1. The van der Waals surface area contributed by atoms with Crippen molar-refractivity contribution in [1.29, 1.82) is 0 Å². The number of ether oxygens (including phenoxy) is 2. The first-order valence-corrected chi connectivity index (χ1v) is 3.82. The van der Waals surface area contributed by atoms with Gasteiger partial charge < -0.3 is 20.3 Å². The van der Waals surface area contributed by atoms with Gasteiger partial charge in [-0.2, -0.15) is 4.98 Å². The van der Waals surface area contributed by atoms with Crippen molar-refractivity contribution in [2.75, 3.05) is 7.11 Å². The van der Waals surface area contributed by atoms with E-state index in [0.29, 0.717) is 5.56 Å². The number of pyridine rings is 1. The standard InChI is InChI=1S/C8H10N2O4/c1-13-7-5(4-9)2-3-6(10-7)14-8(11)12/h2-3H,4,9H2,1H3,(H,11,12). The summed E-state index contributed by atoms with van der Waals surface area (Å²) >= 11 is 0. The molecule has 1 rings (SSSR count). The van der Waals surface area contributed by atoms with E-state index in [1.165, 1.54) is 13.2 Å². The molecule has 0 saturated heterocycles. The molecule has 0 amide bonds. The molecule has 0 unspecified atom stereocenters. The van der Waals surface area contributed by atoms with Gasteiger partial charge in [-0.05, 0) is 6.07 Å². The van der Waals surface area contributed by atoms with Gasteiger partial charge in [0, 0.05) is 18.2 Å². The Kier molecular flexibility index (Phi) is 3.24. The molecule has 0 fully saturated rings. The predicted molar refractivity (Wildman–Crippen MR) is 47.3 cm³/mol. The summed E-state index contributed by atoms with van der Waals surface area (Å²) in [4.78, 5) is 14.0. The third-order valence-corrected chi connectivity index (χ3v) is 1.52. The van der Waals surface area contributed by atoms with Crippen LogP contribution < -0.4 is 15.2 Å². The monoisotopic (exact) mass is 198 g/mol. The average Bonchev–Trinajstić information content (AvgIpc) is 2.16. The average molecular weight is 198 g/mol. The minimum absolute atomic E-state index is 0.0356. The number of aromatic nitrogens is 1. The highest BCUT2D eigenvalue weighted by atomic mass is 16.7. The van der Waals surface area contributed by atoms with Crippen molar-refractivity contribution in [1.82, 2.24) is 4.98 Å². The Hall–Kier alpha value is -1.82. The van der Waals surface area contributed by atoms with Gasteiger partial charge in [-0.25, -0.2) is 4.79 Å². The van der Waals surface area contributed by atoms with E-state index in [1.54, 1.807) is 6.07 Å². The van der Waals surface area contributed by atoms with Crippen molar-refractivity contribution in [3.63, 3.8) is 0 Å². The first-order chi connectivity index (χ1) is 6.67. The van der Waals surface area contributed by atoms with Gasteiger partial charge >= 0.3 is 6.16 Å². The Labute approximate surface area is 80.3 Å². The molecule has 0 spiro atoms. The van der Waals surface area contributed by atoms with E-state index in [4.69, 9.17) is 15.6 Å². The Morgan fingerprint density at radius 2 is 2.36 bits per heavy atom. The molecule has 76 valence electrons. The Bertz CT molecular complexity index is 340. The Morgan fingerprint density at radius 1 is 1.64 bits per heavy atom. The Balaban J connectivity index is 2.95. The van der Waals surface area contributed by atoms with Crippen LogP contribution in [0.2, 0.25) is 0 Å². The van der Waals surface area contributed by atoms with Gasteiger partial charge in [0.25, 0.3) is 0 Å². The van der Waals surface area contributed by atoms with Crippen LogP contribution in [0.3, 0.4) is 0 Å². The molecule has 1 aromatic heterocycles. The van der Waals surface area contributed by atoms with Crippen LogP contribution in [0.5, 0.6) is 11.8 Å². The van der Waals surface area contributed by atoms with Crippen LogP contribution in [0.15, 0.2) is 12.1 Å². The van der Waals surface area contributed by atoms with Gasteiger partial charge in [0.15, 0.2) is 0 Å². The molecule has 0 aliphatic heterocycles. The quantitative estimate of drug-likeness (QED) is 0.691. The minimum Gasteiger partial charge on any atom is -0.481 e. The van der Waals surface area contributed by atoms with Gasteiger partial charge in [-0.3, -0.25) is 0 Å². The molecular weight excluding hydrogens is 188 g/mol. The molecule has 0 aromatic carbocycles. The van der Waals surface area contributed by atoms with Crippen LogP contribution in [0.25, 0.3) is 0 Å². The van der Waals surface area contributed by atoms with Crippen LogP contribution in [-0.4, -0.2) is 23.4 Å². The highest BCUT2D eigenvalue weighted by Gasteiger charge is 2.07. The SMILES string of the molecule is COc1nc(OC(=O)O)ccc1CN. The molecular formula is C8H10N2O4. The molecule has 0 bridgehead atoms. The van der Waals surface area contributed by atoms with Gasteiger partial charge in [0.1, 0.15) is 0 Å². The van der Waals surface area contributed by atoms with E-state index in [1.807, 2.05) is 0 Å². The number of nitrogens with two attached hydrogens (primary N) is 1. The van der Waals surface area contributed by atoms with Crippen LogP contribution in [0.4, 0.5) is 4.79 Å². The van der Waals surface area contributed by atoms with Gasteiger partial charge in [-0.15, -0.1) is 0 Å². The topological polar surface area (TPSA) is 94.7 Å². The summed E-state index contributed by atoms with van der Waals surface area (Å²) in [6.07, 6.45) is -1.42.